The van der Waals surface area contributed by atoms with Crippen LogP contribution in [0.2, 0.25) is 0 Å². The predicted molar refractivity (Wildman–Crippen MR) is 80.6 cm³/mol. The Balaban J connectivity index is 2.05. The standard InChI is InChI=1S/C17H19F2NO/c1-11(2)21-15-7-4-13(5-8-15)12(3)20-14-6-9-16(18)17(19)10-14/h4-12,20H,1-3H3. The molecule has 1 atom stereocenters. The minimum absolute atomic E-state index is 0.0250. The molecule has 0 aliphatic rings. The highest BCUT2D eigenvalue weighted by molar-refractivity contribution is 5.46. The second-order valence-corrected chi connectivity index (χ2v) is 5.23. The second kappa shape index (κ2) is 6.57. The second-order valence-electron chi connectivity index (χ2n) is 5.23. The fraction of sp³-hybridized carbons (Fsp3) is 0.294. The van der Waals surface area contributed by atoms with Crippen molar-refractivity contribution in [2.75, 3.05) is 5.32 Å². The number of nitrogens with one attached hydrogen (secondary N) is 1. The molecule has 2 aromatic carbocycles. The zero-order valence-electron chi connectivity index (χ0n) is 12.4. The van der Waals surface area contributed by atoms with Crippen LogP contribution in [-0.4, -0.2) is 6.10 Å². The molecule has 2 rings (SSSR count). The smallest absolute Gasteiger partial charge is 0.160 e. The van der Waals surface area contributed by atoms with Crippen LogP contribution in [-0.2, 0) is 0 Å². The minimum atomic E-state index is -0.854. The molecule has 0 aliphatic heterocycles. The summed E-state index contributed by atoms with van der Waals surface area (Å²) < 4.78 is 31.7. The SMILES string of the molecule is CC(C)Oc1ccc(C(C)Nc2ccc(F)c(F)c2)cc1. The van der Waals surface area contributed by atoms with Gasteiger partial charge >= 0.3 is 0 Å². The first kappa shape index (κ1) is 15.3. The monoisotopic (exact) mass is 291 g/mol. The third-order valence-corrected chi connectivity index (χ3v) is 3.05. The van der Waals surface area contributed by atoms with Crippen molar-refractivity contribution in [1.82, 2.24) is 0 Å². The van der Waals surface area contributed by atoms with Crippen LogP contribution in [0.5, 0.6) is 5.75 Å². The first-order chi connectivity index (χ1) is 9.95. The average Bonchev–Trinajstić information content (AvgIpc) is 2.43. The van der Waals surface area contributed by atoms with Crippen molar-refractivity contribution < 1.29 is 13.5 Å². The molecule has 1 unspecified atom stereocenters. The molecule has 4 heteroatoms. The fourth-order valence-electron chi connectivity index (χ4n) is 2.03. The molecular formula is C17H19F2NO. The summed E-state index contributed by atoms with van der Waals surface area (Å²) >= 11 is 0. The largest absolute Gasteiger partial charge is 0.491 e. The third kappa shape index (κ3) is 4.18. The van der Waals surface area contributed by atoms with Gasteiger partial charge in [-0.05, 0) is 50.6 Å². The van der Waals surface area contributed by atoms with Crippen LogP contribution < -0.4 is 10.1 Å². The Bertz CT molecular complexity index is 596. The Morgan fingerprint density at radius 3 is 2.14 bits per heavy atom. The Hall–Kier alpha value is -2.10. The molecule has 0 fully saturated rings. The molecule has 0 aliphatic carbocycles. The number of halogens is 2. The van der Waals surface area contributed by atoms with Gasteiger partial charge in [-0.25, -0.2) is 8.78 Å². The van der Waals surface area contributed by atoms with Gasteiger partial charge in [0.15, 0.2) is 11.6 Å². The van der Waals surface area contributed by atoms with Gasteiger partial charge in [0.05, 0.1) is 6.10 Å². The maximum absolute atomic E-state index is 13.2. The van der Waals surface area contributed by atoms with Gasteiger partial charge < -0.3 is 10.1 Å². The Labute approximate surface area is 123 Å². The lowest BCUT2D eigenvalue weighted by atomic mass is 10.1. The zero-order valence-corrected chi connectivity index (χ0v) is 12.4. The van der Waals surface area contributed by atoms with E-state index >= 15 is 0 Å². The summed E-state index contributed by atoms with van der Waals surface area (Å²) in [5, 5.41) is 3.14. The molecule has 0 aromatic heterocycles. The van der Waals surface area contributed by atoms with Gasteiger partial charge in [0.1, 0.15) is 5.75 Å². The Morgan fingerprint density at radius 1 is 0.905 bits per heavy atom. The number of anilines is 1. The number of hydrogen-bond donors (Lipinski definition) is 1. The predicted octanol–water partition coefficient (Wildman–Crippen LogP) is 4.93. The Kier molecular flexibility index (Phi) is 4.78. The topological polar surface area (TPSA) is 21.3 Å². The highest BCUT2D eigenvalue weighted by atomic mass is 19.2. The number of benzene rings is 2. The van der Waals surface area contributed by atoms with Crippen LogP contribution in [0.15, 0.2) is 42.5 Å². The van der Waals surface area contributed by atoms with Gasteiger partial charge in [-0.3, -0.25) is 0 Å². The normalized spacial score (nSPS) is 12.3. The van der Waals surface area contributed by atoms with E-state index in [0.717, 1.165) is 23.4 Å². The molecule has 0 spiro atoms. The average molecular weight is 291 g/mol. The highest BCUT2D eigenvalue weighted by Gasteiger charge is 2.08. The molecule has 2 aromatic rings. The van der Waals surface area contributed by atoms with Gasteiger partial charge in [-0.15, -0.1) is 0 Å². The van der Waals surface area contributed by atoms with E-state index in [0.29, 0.717) is 5.69 Å². The summed E-state index contributed by atoms with van der Waals surface area (Å²) in [4.78, 5) is 0. The van der Waals surface area contributed by atoms with E-state index in [4.69, 9.17) is 4.74 Å². The van der Waals surface area contributed by atoms with Crippen molar-refractivity contribution in [2.24, 2.45) is 0 Å². The third-order valence-electron chi connectivity index (χ3n) is 3.05. The van der Waals surface area contributed by atoms with Crippen molar-refractivity contribution in [3.8, 4) is 5.75 Å². The van der Waals surface area contributed by atoms with Crippen LogP contribution in [0, 0.1) is 11.6 Å². The van der Waals surface area contributed by atoms with E-state index in [1.807, 2.05) is 45.0 Å². The Morgan fingerprint density at radius 2 is 1.57 bits per heavy atom. The first-order valence-electron chi connectivity index (χ1n) is 6.94. The van der Waals surface area contributed by atoms with E-state index < -0.39 is 11.6 Å². The van der Waals surface area contributed by atoms with Crippen molar-refractivity contribution in [1.29, 1.82) is 0 Å². The zero-order chi connectivity index (χ0) is 15.4. The molecule has 0 heterocycles. The van der Waals surface area contributed by atoms with E-state index in [1.54, 1.807) is 0 Å². The van der Waals surface area contributed by atoms with E-state index in [9.17, 15) is 8.78 Å². The van der Waals surface area contributed by atoms with Crippen LogP contribution in [0.4, 0.5) is 14.5 Å². The van der Waals surface area contributed by atoms with Gasteiger partial charge in [0, 0.05) is 17.8 Å². The van der Waals surface area contributed by atoms with Crippen molar-refractivity contribution >= 4 is 5.69 Å². The maximum Gasteiger partial charge on any atom is 0.160 e. The molecular weight excluding hydrogens is 272 g/mol. The number of hydrogen-bond acceptors (Lipinski definition) is 2. The molecule has 2 nitrogen and oxygen atoms in total. The molecule has 1 N–H and O–H groups in total. The molecule has 0 amide bonds. The van der Waals surface area contributed by atoms with Crippen molar-refractivity contribution in [3.63, 3.8) is 0 Å². The van der Waals surface area contributed by atoms with Crippen LogP contribution in [0.1, 0.15) is 32.4 Å². The van der Waals surface area contributed by atoms with Crippen LogP contribution in [0.3, 0.4) is 0 Å². The van der Waals surface area contributed by atoms with Gasteiger partial charge in [0.25, 0.3) is 0 Å². The molecule has 0 saturated carbocycles. The van der Waals surface area contributed by atoms with Crippen molar-refractivity contribution in [2.45, 2.75) is 32.9 Å². The lowest BCUT2D eigenvalue weighted by Gasteiger charge is -2.17. The molecule has 0 saturated heterocycles. The first-order valence-corrected chi connectivity index (χ1v) is 6.94. The quantitative estimate of drug-likeness (QED) is 0.843. The molecule has 21 heavy (non-hydrogen) atoms. The number of rotatable bonds is 5. The lowest BCUT2D eigenvalue weighted by Crippen LogP contribution is -2.08. The summed E-state index contributed by atoms with van der Waals surface area (Å²) in [6, 6.07) is 11.5. The molecule has 0 bridgehead atoms. The maximum atomic E-state index is 13.2. The van der Waals surface area contributed by atoms with Gasteiger partial charge in [-0.1, -0.05) is 12.1 Å². The summed E-state index contributed by atoms with van der Waals surface area (Å²) in [5.74, 6) is -0.884. The summed E-state index contributed by atoms with van der Waals surface area (Å²) in [6.07, 6.45) is 0.133. The highest BCUT2D eigenvalue weighted by Crippen LogP contribution is 2.23. The van der Waals surface area contributed by atoms with E-state index in [-0.39, 0.29) is 12.1 Å². The summed E-state index contributed by atoms with van der Waals surface area (Å²) in [5.41, 5.74) is 1.58. The molecule has 0 radical (unpaired) electrons. The fourth-order valence-corrected chi connectivity index (χ4v) is 2.03. The summed E-state index contributed by atoms with van der Waals surface area (Å²) in [7, 11) is 0. The van der Waals surface area contributed by atoms with Gasteiger partial charge in [-0.2, -0.15) is 0 Å². The van der Waals surface area contributed by atoms with Crippen molar-refractivity contribution in [3.05, 3.63) is 59.7 Å². The van der Waals surface area contributed by atoms with Crippen LogP contribution >= 0.6 is 0 Å². The minimum Gasteiger partial charge on any atom is -0.491 e. The number of ether oxygens (including phenoxy) is 1. The summed E-state index contributed by atoms with van der Waals surface area (Å²) in [6.45, 7) is 5.90. The van der Waals surface area contributed by atoms with E-state index in [2.05, 4.69) is 5.32 Å². The van der Waals surface area contributed by atoms with Gasteiger partial charge in [0.2, 0.25) is 0 Å². The van der Waals surface area contributed by atoms with E-state index in [1.165, 1.54) is 6.07 Å². The van der Waals surface area contributed by atoms with Crippen LogP contribution in [0.25, 0.3) is 0 Å². The molecule has 112 valence electrons. The lowest BCUT2D eigenvalue weighted by molar-refractivity contribution is 0.242.